The van der Waals surface area contributed by atoms with Crippen LogP contribution in [0.5, 0.6) is 5.88 Å². The molecule has 0 amide bonds. The summed E-state index contributed by atoms with van der Waals surface area (Å²) in [5.41, 5.74) is 2.15. The van der Waals surface area contributed by atoms with Crippen LogP contribution < -0.4 is 4.74 Å². The van der Waals surface area contributed by atoms with E-state index in [9.17, 15) is 0 Å². The molecule has 0 aliphatic heterocycles. The Hall–Kier alpha value is -2.50. The summed E-state index contributed by atoms with van der Waals surface area (Å²) in [6.07, 6.45) is 0. The van der Waals surface area contributed by atoms with Crippen molar-refractivity contribution in [1.29, 1.82) is 0 Å². The number of aliphatic hydroxyl groups is 1. The molecule has 0 saturated carbocycles. The van der Waals surface area contributed by atoms with Gasteiger partial charge in [-0.3, -0.25) is 0 Å². The van der Waals surface area contributed by atoms with Crippen LogP contribution in [0.1, 0.15) is 0 Å². The number of benzene rings is 2. The van der Waals surface area contributed by atoms with Gasteiger partial charge in [0.2, 0.25) is 5.88 Å². The number of rotatable bonds is 5. The van der Waals surface area contributed by atoms with Crippen molar-refractivity contribution >= 4 is 11.6 Å². The molecule has 6 heteroatoms. The van der Waals surface area contributed by atoms with Crippen LogP contribution in [0.15, 0.2) is 54.6 Å². The van der Waals surface area contributed by atoms with Gasteiger partial charge in [-0.2, -0.15) is 4.98 Å². The first-order valence-electron chi connectivity index (χ1n) is 7.07. The molecule has 0 atom stereocenters. The summed E-state index contributed by atoms with van der Waals surface area (Å²) in [5, 5.41) is 18.1. The van der Waals surface area contributed by atoms with Crippen molar-refractivity contribution in [2.75, 3.05) is 13.2 Å². The lowest BCUT2D eigenvalue weighted by atomic mass is 10.1. The van der Waals surface area contributed by atoms with Crippen LogP contribution in [0.2, 0.25) is 5.02 Å². The van der Waals surface area contributed by atoms with Crippen LogP contribution in [0.3, 0.4) is 0 Å². The topological polar surface area (TPSA) is 68.1 Å². The Bertz CT molecular complexity index is 780. The molecular formula is C17H14ClN3O2. The van der Waals surface area contributed by atoms with Gasteiger partial charge in [-0.05, 0) is 12.1 Å². The molecule has 1 heterocycles. The van der Waals surface area contributed by atoms with Gasteiger partial charge in [0.05, 0.1) is 6.61 Å². The van der Waals surface area contributed by atoms with Gasteiger partial charge < -0.3 is 9.84 Å². The molecule has 0 aliphatic rings. The predicted octanol–water partition coefficient (Wildman–Crippen LogP) is 3.23. The van der Waals surface area contributed by atoms with Gasteiger partial charge in [-0.15, -0.1) is 10.2 Å². The number of aliphatic hydroxyl groups excluding tert-OH is 1. The molecule has 0 fully saturated rings. The Kier molecular flexibility index (Phi) is 4.80. The quantitative estimate of drug-likeness (QED) is 0.779. The molecule has 3 aromatic rings. The van der Waals surface area contributed by atoms with E-state index < -0.39 is 0 Å². The number of nitrogens with zero attached hydrogens (tertiary/aromatic N) is 3. The van der Waals surface area contributed by atoms with E-state index in [0.29, 0.717) is 22.4 Å². The van der Waals surface area contributed by atoms with Gasteiger partial charge in [-0.1, -0.05) is 54.1 Å². The van der Waals surface area contributed by atoms with Crippen LogP contribution in [0, 0.1) is 0 Å². The molecule has 1 aromatic heterocycles. The van der Waals surface area contributed by atoms with Crippen molar-refractivity contribution in [1.82, 2.24) is 15.2 Å². The Morgan fingerprint density at radius 2 is 1.65 bits per heavy atom. The highest BCUT2D eigenvalue weighted by molar-refractivity contribution is 6.30. The maximum absolute atomic E-state index is 9.01. The van der Waals surface area contributed by atoms with E-state index >= 15 is 0 Å². The first-order valence-corrected chi connectivity index (χ1v) is 7.45. The maximum atomic E-state index is 9.01. The Balaban J connectivity index is 2.03. The Morgan fingerprint density at radius 3 is 2.35 bits per heavy atom. The minimum atomic E-state index is -0.106. The summed E-state index contributed by atoms with van der Waals surface area (Å²) >= 11 is 5.91. The summed E-state index contributed by atoms with van der Waals surface area (Å²) in [6, 6.07) is 16.7. The molecule has 3 rings (SSSR count). The van der Waals surface area contributed by atoms with Crippen molar-refractivity contribution in [3.63, 3.8) is 0 Å². The van der Waals surface area contributed by atoms with Gasteiger partial charge in [0.15, 0.2) is 11.5 Å². The lowest BCUT2D eigenvalue weighted by Crippen LogP contribution is -2.07. The second-order valence-electron chi connectivity index (χ2n) is 4.73. The second kappa shape index (κ2) is 7.17. The number of aromatic nitrogens is 3. The number of hydrogen-bond donors (Lipinski definition) is 1. The second-order valence-corrected chi connectivity index (χ2v) is 5.17. The molecule has 0 saturated heterocycles. The maximum Gasteiger partial charge on any atom is 0.244 e. The number of hydrogen-bond acceptors (Lipinski definition) is 5. The van der Waals surface area contributed by atoms with E-state index in [1.54, 1.807) is 12.1 Å². The number of halogens is 1. The first-order chi connectivity index (χ1) is 11.3. The van der Waals surface area contributed by atoms with E-state index in [1.807, 2.05) is 42.5 Å². The zero-order chi connectivity index (χ0) is 16.1. The van der Waals surface area contributed by atoms with E-state index in [4.69, 9.17) is 21.4 Å². The zero-order valence-corrected chi connectivity index (χ0v) is 12.9. The molecule has 116 valence electrons. The van der Waals surface area contributed by atoms with Gasteiger partial charge in [0, 0.05) is 16.1 Å². The van der Waals surface area contributed by atoms with Crippen LogP contribution in [-0.4, -0.2) is 33.5 Å². The van der Waals surface area contributed by atoms with Gasteiger partial charge in [0.1, 0.15) is 6.61 Å². The first kappa shape index (κ1) is 15.4. The van der Waals surface area contributed by atoms with Gasteiger partial charge in [0.25, 0.3) is 0 Å². The average Bonchev–Trinajstić information content (AvgIpc) is 2.61. The molecule has 5 nitrogen and oxygen atoms in total. The van der Waals surface area contributed by atoms with E-state index in [-0.39, 0.29) is 13.2 Å². The lowest BCUT2D eigenvalue weighted by molar-refractivity contribution is 0.196. The molecular weight excluding hydrogens is 314 g/mol. The van der Waals surface area contributed by atoms with Crippen LogP contribution in [0.25, 0.3) is 22.6 Å². The molecule has 1 N–H and O–H groups in total. The summed E-state index contributed by atoms with van der Waals surface area (Å²) in [7, 11) is 0. The third kappa shape index (κ3) is 3.64. The predicted molar refractivity (Wildman–Crippen MR) is 88.3 cm³/mol. The molecule has 0 spiro atoms. The van der Waals surface area contributed by atoms with Gasteiger partial charge >= 0.3 is 0 Å². The van der Waals surface area contributed by atoms with Crippen molar-refractivity contribution in [2.24, 2.45) is 0 Å². The Labute approximate surface area is 138 Å². The van der Waals surface area contributed by atoms with Crippen LogP contribution in [-0.2, 0) is 0 Å². The fourth-order valence-electron chi connectivity index (χ4n) is 2.05. The number of ether oxygens (including phenoxy) is 1. The lowest BCUT2D eigenvalue weighted by Gasteiger charge is -2.10. The summed E-state index contributed by atoms with van der Waals surface area (Å²) in [4.78, 5) is 4.44. The fourth-order valence-corrected chi connectivity index (χ4v) is 2.18. The van der Waals surface area contributed by atoms with Crippen molar-refractivity contribution in [2.45, 2.75) is 0 Å². The molecule has 0 aliphatic carbocycles. The third-order valence-electron chi connectivity index (χ3n) is 3.13. The van der Waals surface area contributed by atoms with Crippen molar-refractivity contribution < 1.29 is 9.84 Å². The SMILES string of the molecule is OCCOc1nc(-c2ccccc2)nnc1-c1ccc(Cl)cc1. The summed E-state index contributed by atoms with van der Waals surface area (Å²) < 4.78 is 5.54. The van der Waals surface area contributed by atoms with E-state index in [2.05, 4.69) is 15.2 Å². The van der Waals surface area contributed by atoms with E-state index in [0.717, 1.165) is 11.1 Å². The molecule has 23 heavy (non-hydrogen) atoms. The highest BCUT2D eigenvalue weighted by Gasteiger charge is 2.14. The summed E-state index contributed by atoms with van der Waals surface area (Å²) in [6.45, 7) is 0.0260. The molecule has 0 radical (unpaired) electrons. The third-order valence-corrected chi connectivity index (χ3v) is 3.39. The zero-order valence-electron chi connectivity index (χ0n) is 12.2. The molecule has 0 bridgehead atoms. The monoisotopic (exact) mass is 327 g/mol. The van der Waals surface area contributed by atoms with E-state index in [1.165, 1.54) is 0 Å². The van der Waals surface area contributed by atoms with Crippen LogP contribution in [0.4, 0.5) is 0 Å². The smallest absolute Gasteiger partial charge is 0.244 e. The normalized spacial score (nSPS) is 10.5. The minimum absolute atomic E-state index is 0.106. The fraction of sp³-hybridized carbons (Fsp3) is 0.118. The molecule has 2 aromatic carbocycles. The van der Waals surface area contributed by atoms with Crippen LogP contribution >= 0.6 is 11.6 Å². The minimum Gasteiger partial charge on any atom is -0.474 e. The average molecular weight is 328 g/mol. The summed E-state index contributed by atoms with van der Waals surface area (Å²) in [5.74, 6) is 0.798. The van der Waals surface area contributed by atoms with Crippen molar-refractivity contribution in [3.8, 4) is 28.5 Å². The van der Waals surface area contributed by atoms with Gasteiger partial charge in [-0.25, -0.2) is 0 Å². The highest BCUT2D eigenvalue weighted by Crippen LogP contribution is 2.28. The molecule has 0 unspecified atom stereocenters. The highest BCUT2D eigenvalue weighted by atomic mass is 35.5. The largest absolute Gasteiger partial charge is 0.474 e. The van der Waals surface area contributed by atoms with Crippen molar-refractivity contribution in [3.05, 3.63) is 59.6 Å². The standard InChI is InChI=1S/C17H14ClN3O2/c18-14-8-6-12(7-9-14)15-17(23-11-10-22)19-16(21-20-15)13-4-2-1-3-5-13/h1-9,22H,10-11H2. The Morgan fingerprint density at radius 1 is 0.913 bits per heavy atom.